The topological polar surface area (TPSA) is 93.8 Å². The first-order valence-corrected chi connectivity index (χ1v) is 10.7. The zero-order valence-corrected chi connectivity index (χ0v) is 20.7. The zero-order chi connectivity index (χ0) is 20.2. The Morgan fingerprint density at radius 2 is 1.97 bits per heavy atom. The van der Waals surface area contributed by atoms with E-state index in [0.29, 0.717) is 30.3 Å². The normalized spacial score (nSPS) is 17.0. The van der Waals surface area contributed by atoms with E-state index in [1.54, 1.807) is 0 Å². The predicted octanol–water partition coefficient (Wildman–Crippen LogP) is 3.83. The van der Waals surface area contributed by atoms with Gasteiger partial charge in [0.25, 0.3) is 0 Å². The molecule has 29 heavy (non-hydrogen) atoms. The first-order valence-electron chi connectivity index (χ1n) is 10.7. The number of rotatable bonds is 12. The number of aliphatic imine (C=N–C) groups is 1. The molecular formula is C20H38IN5O3. The molecule has 0 aromatic carbocycles. The minimum atomic E-state index is -0.176. The van der Waals surface area contributed by atoms with E-state index < -0.39 is 0 Å². The van der Waals surface area contributed by atoms with E-state index in [9.17, 15) is 0 Å². The van der Waals surface area contributed by atoms with Crippen LogP contribution in [0.1, 0.15) is 77.6 Å². The summed E-state index contributed by atoms with van der Waals surface area (Å²) in [4.78, 5) is 9.00. The van der Waals surface area contributed by atoms with Crippen LogP contribution in [0.3, 0.4) is 0 Å². The minimum absolute atomic E-state index is 0. The molecule has 8 nitrogen and oxygen atoms in total. The fourth-order valence-corrected chi connectivity index (χ4v) is 3.65. The molecule has 0 bridgehead atoms. The number of guanidine groups is 1. The van der Waals surface area contributed by atoms with Crippen molar-refractivity contribution in [3.63, 3.8) is 0 Å². The number of aromatic nitrogens is 2. The first kappa shape index (κ1) is 26.1. The van der Waals surface area contributed by atoms with Gasteiger partial charge in [-0.3, -0.25) is 0 Å². The van der Waals surface area contributed by atoms with E-state index in [4.69, 9.17) is 14.0 Å². The van der Waals surface area contributed by atoms with E-state index in [2.05, 4.69) is 32.7 Å². The number of ether oxygens (including phenoxy) is 2. The van der Waals surface area contributed by atoms with Gasteiger partial charge < -0.3 is 24.6 Å². The van der Waals surface area contributed by atoms with E-state index in [0.717, 1.165) is 38.7 Å². The summed E-state index contributed by atoms with van der Waals surface area (Å²) < 4.78 is 16.4. The minimum Gasteiger partial charge on any atom is -0.382 e. The highest BCUT2D eigenvalue weighted by Gasteiger charge is 2.33. The van der Waals surface area contributed by atoms with Crippen molar-refractivity contribution in [1.29, 1.82) is 0 Å². The molecule has 9 heteroatoms. The van der Waals surface area contributed by atoms with Crippen molar-refractivity contribution < 1.29 is 14.0 Å². The third-order valence-corrected chi connectivity index (χ3v) is 5.26. The Hall–Kier alpha value is -0.940. The van der Waals surface area contributed by atoms with Crippen LogP contribution in [0.4, 0.5) is 0 Å². The molecule has 0 aliphatic heterocycles. The smallest absolute Gasteiger partial charge is 0.248 e. The van der Waals surface area contributed by atoms with Gasteiger partial charge in [-0.25, -0.2) is 4.99 Å². The Morgan fingerprint density at radius 1 is 1.21 bits per heavy atom. The monoisotopic (exact) mass is 523 g/mol. The van der Waals surface area contributed by atoms with Gasteiger partial charge in [0.2, 0.25) is 5.89 Å². The summed E-state index contributed by atoms with van der Waals surface area (Å²) in [6, 6.07) is 0. The second-order valence-corrected chi connectivity index (χ2v) is 7.35. The van der Waals surface area contributed by atoms with Crippen molar-refractivity contribution in [3.8, 4) is 0 Å². The van der Waals surface area contributed by atoms with Gasteiger partial charge in [-0.1, -0.05) is 18.0 Å². The standard InChI is InChI=1S/C20H37N5O3.HI/c1-5-21-19(22-14-17-24-18(25-28-17)16(4)27-7-3)23-15-20(10-8-9-11-20)12-13-26-6-2;/h16H,5-15H2,1-4H3,(H2,21,22,23);1H. The summed E-state index contributed by atoms with van der Waals surface area (Å²) in [6.07, 6.45) is 6.00. The summed E-state index contributed by atoms with van der Waals surface area (Å²) in [7, 11) is 0. The number of halogens is 1. The molecule has 0 spiro atoms. The van der Waals surface area contributed by atoms with Crippen LogP contribution in [0.5, 0.6) is 0 Å². The summed E-state index contributed by atoms with van der Waals surface area (Å²) in [5.74, 6) is 1.83. The highest BCUT2D eigenvalue weighted by molar-refractivity contribution is 14.0. The number of nitrogens with zero attached hydrogens (tertiary/aromatic N) is 3. The van der Waals surface area contributed by atoms with Gasteiger partial charge in [-0.15, -0.1) is 24.0 Å². The Bertz CT molecular complexity index is 590. The van der Waals surface area contributed by atoms with Crippen molar-refractivity contribution in [2.24, 2.45) is 10.4 Å². The second kappa shape index (κ2) is 14.1. The molecule has 1 aliphatic carbocycles. The molecule has 1 atom stereocenters. The molecule has 1 aliphatic rings. The first-order chi connectivity index (χ1) is 13.6. The van der Waals surface area contributed by atoms with Crippen LogP contribution in [0, 0.1) is 5.41 Å². The van der Waals surface area contributed by atoms with Crippen LogP contribution in [0.15, 0.2) is 9.52 Å². The maximum atomic E-state index is 5.61. The third-order valence-electron chi connectivity index (χ3n) is 5.26. The highest BCUT2D eigenvalue weighted by atomic mass is 127. The highest BCUT2D eigenvalue weighted by Crippen LogP contribution is 2.40. The summed E-state index contributed by atoms with van der Waals surface area (Å²) in [5.41, 5.74) is 0.302. The molecule has 2 N–H and O–H groups in total. The largest absolute Gasteiger partial charge is 0.382 e. The lowest BCUT2D eigenvalue weighted by molar-refractivity contribution is 0.0683. The van der Waals surface area contributed by atoms with Gasteiger partial charge >= 0.3 is 0 Å². The Balaban J connectivity index is 0.00000420. The average Bonchev–Trinajstić information content (AvgIpc) is 3.35. The van der Waals surface area contributed by atoms with Crippen LogP contribution < -0.4 is 10.6 Å². The van der Waals surface area contributed by atoms with Crippen LogP contribution in [0.25, 0.3) is 0 Å². The molecule has 1 fully saturated rings. The van der Waals surface area contributed by atoms with Crippen molar-refractivity contribution >= 4 is 29.9 Å². The maximum absolute atomic E-state index is 5.61. The molecule has 1 heterocycles. The number of hydrogen-bond acceptors (Lipinski definition) is 6. The third kappa shape index (κ3) is 8.75. The average molecular weight is 523 g/mol. The van der Waals surface area contributed by atoms with E-state index in [1.807, 2.05) is 20.8 Å². The molecule has 0 amide bonds. The molecule has 1 unspecified atom stereocenters. The lowest BCUT2D eigenvalue weighted by Crippen LogP contribution is -2.43. The van der Waals surface area contributed by atoms with Gasteiger partial charge in [0.1, 0.15) is 12.6 Å². The number of hydrogen-bond donors (Lipinski definition) is 2. The van der Waals surface area contributed by atoms with E-state index in [-0.39, 0.29) is 30.1 Å². The fourth-order valence-electron chi connectivity index (χ4n) is 3.65. The van der Waals surface area contributed by atoms with Gasteiger partial charge in [0, 0.05) is 32.9 Å². The predicted molar refractivity (Wildman–Crippen MR) is 125 cm³/mol. The lowest BCUT2D eigenvalue weighted by Gasteiger charge is -2.30. The summed E-state index contributed by atoms with van der Waals surface area (Å²) >= 11 is 0. The fraction of sp³-hybridized carbons (Fsp3) is 0.850. The van der Waals surface area contributed by atoms with Crippen LogP contribution in [-0.2, 0) is 16.0 Å². The number of nitrogens with one attached hydrogen (secondary N) is 2. The SMILES string of the molecule is CCNC(=NCc1nc(C(C)OCC)no1)NCC1(CCOCC)CCCC1.I. The molecule has 168 valence electrons. The molecule has 2 rings (SSSR count). The quantitative estimate of drug-likeness (QED) is 0.186. The molecule has 1 aromatic rings. The van der Waals surface area contributed by atoms with Gasteiger partial charge in [-0.2, -0.15) is 4.98 Å². The summed E-state index contributed by atoms with van der Waals surface area (Å²) in [5, 5.41) is 10.8. The van der Waals surface area contributed by atoms with Gasteiger partial charge in [0.05, 0.1) is 0 Å². The second-order valence-electron chi connectivity index (χ2n) is 7.35. The zero-order valence-electron chi connectivity index (χ0n) is 18.3. The Labute approximate surface area is 192 Å². The maximum Gasteiger partial charge on any atom is 0.248 e. The Kier molecular flexibility index (Phi) is 12.7. The van der Waals surface area contributed by atoms with Crippen LogP contribution in [-0.4, -0.2) is 49.0 Å². The van der Waals surface area contributed by atoms with Gasteiger partial charge in [0.15, 0.2) is 11.8 Å². The summed E-state index contributed by atoms with van der Waals surface area (Å²) in [6.45, 7) is 12.2. The van der Waals surface area contributed by atoms with Crippen molar-refractivity contribution in [1.82, 2.24) is 20.8 Å². The Morgan fingerprint density at radius 3 is 2.62 bits per heavy atom. The van der Waals surface area contributed by atoms with Crippen molar-refractivity contribution in [2.75, 3.05) is 32.9 Å². The van der Waals surface area contributed by atoms with Crippen LogP contribution >= 0.6 is 24.0 Å². The molecule has 0 radical (unpaired) electrons. The molecule has 1 aromatic heterocycles. The van der Waals surface area contributed by atoms with Crippen LogP contribution in [0.2, 0.25) is 0 Å². The molecular weight excluding hydrogens is 485 g/mol. The van der Waals surface area contributed by atoms with Crippen molar-refractivity contribution in [2.45, 2.75) is 72.4 Å². The lowest BCUT2D eigenvalue weighted by atomic mass is 9.83. The van der Waals surface area contributed by atoms with Gasteiger partial charge in [-0.05, 0) is 52.4 Å². The van der Waals surface area contributed by atoms with E-state index in [1.165, 1.54) is 25.7 Å². The van der Waals surface area contributed by atoms with Crippen molar-refractivity contribution in [3.05, 3.63) is 11.7 Å². The van der Waals surface area contributed by atoms with E-state index >= 15 is 0 Å². The molecule has 0 saturated heterocycles. The molecule has 1 saturated carbocycles.